The first-order valence-corrected chi connectivity index (χ1v) is 8.87. The lowest BCUT2D eigenvalue weighted by Crippen LogP contribution is -2.50. The largest absolute Gasteiger partial charge is 0.346 e. The average molecular weight is 392 g/mol. The number of aromatic nitrogens is 2. The van der Waals surface area contributed by atoms with Gasteiger partial charge in [-0.15, -0.1) is 0 Å². The molecule has 0 bridgehead atoms. The molecule has 0 radical (unpaired) electrons. The second-order valence-electron chi connectivity index (χ2n) is 6.54. The van der Waals surface area contributed by atoms with E-state index in [1.165, 1.54) is 6.07 Å². The number of hydrogen-bond donors (Lipinski definition) is 3. The molecule has 0 spiro atoms. The lowest BCUT2D eigenvalue weighted by atomic mass is 10.1. The third-order valence-corrected chi connectivity index (χ3v) is 4.51. The van der Waals surface area contributed by atoms with Crippen LogP contribution in [0.25, 0.3) is 0 Å². The number of anilines is 1. The molecule has 0 aliphatic carbocycles. The number of aryl methyl sites for hydroxylation is 1. The van der Waals surface area contributed by atoms with Gasteiger partial charge < -0.3 is 20.5 Å². The summed E-state index contributed by atoms with van der Waals surface area (Å²) in [6, 6.07) is 3.01. The van der Waals surface area contributed by atoms with Crippen molar-refractivity contribution in [1.82, 2.24) is 25.1 Å². The van der Waals surface area contributed by atoms with Crippen molar-refractivity contribution < 1.29 is 18.4 Å². The molecule has 1 aliphatic heterocycles. The molecule has 3 rings (SSSR count). The van der Waals surface area contributed by atoms with E-state index < -0.39 is 17.5 Å². The summed E-state index contributed by atoms with van der Waals surface area (Å²) in [5.74, 6) is -2.02. The minimum Gasteiger partial charge on any atom is -0.346 e. The number of nitrogens with one attached hydrogen (secondary N) is 3. The summed E-state index contributed by atoms with van der Waals surface area (Å²) >= 11 is 0. The minimum absolute atomic E-state index is 0.0458. The third-order valence-electron chi connectivity index (χ3n) is 4.51. The molecule has 1 aliphatic rings. The molecule has 2 amide bonds. The van der Waals surface area contributed by atoms with E-state index in [0.29, 0.717) is 13.1 Å². The molecule has 1 aromatic carbocycles. The molecular weight excluding hydrogens is 370 g/mol. The molecule has 1 unspecified atom stereocenters. The van der Waals surface area contributed by atoms with Crippen molar-refractivity contribution in [2.24, 2.45) is 7.05 Å². The first-order chi connectivity index (χ1) is 13.4. The van der Waals surface area contributed by atoms with Crippen molar-refractivity contribution in [3.8, 4) is 0 Å². The highest BCUT2D eigenvalue weighted by atomic mass is 19.2. The summed E-state index contributed by atoms with van der Waals surface area (Å²) in [6.45, 7) is 1.96. The van der Waals surface area contributed by atoms with E-state index in [0.717, 1.165) is 24.5 Å². The van der Waals surface area contributed by atoms with Crippen molar-refractivity contribution >= 4 is 17.5 Å². The predicted molar refractivity (Wildman–Crippen MR) is 98.4 cm³/mol. The van der Waals surface area contributed by atoms with E-state index in [9.17, 15) is 18.4 Å². The third kappa shape index (κ3) is 4.90. The van der Waals surface area contributed by atoms with Gasteiger partial charge in [-0.3, -0.25) is 14.5 Å². The Morgan fingerprint density at radius 2 is 2.11 bits per heavy atom. The van der Waals surface area contributed by atoms with Gasteiger partial charge in [0.05, 0.1) is 19.1 Å². The molecule has 28 heavy (non-hydrogen) atoms. The summed E-state index contributed by atoms with van der Waals surface area (Å²) in [7, 11) is 1.90. The zero-order valence-electron chi connectivity index (χ0n) is 15.4. The van der Waals surface area contributed by atoms with Gasteiger partial charge in [-0.05, 0) is 12.1 Å². The number of imidazole rings is 1. The highest BCUT2D eigenvalue weighted by Gasteiger charge is 2.28. The number of nitrogens with zero attached hydrogens (tertiary/aromatic N) is 3. The number of rotatable bonds is 6. The Hall–Kier alpha value is -2.85. The smallest absolute Gasteiger partial charge is 0.243 e. The zero-order chi connectivity index (χ0) is 20.1. The first-order valence-electron chi connectivity index (χ1n) is 8.87. The second-order valence-corrected chi connectivity index (χ2v) is 6.54. The number of piperazine rings is 1. The van der Waals surface area contributed by atoms with E-state index in [1.807, 2.05) is 22.7 Å². The van der Waals surface area contributed by atoms with Crippen LogP contribution in [0.3, 0.4) is 0 Å². The Morgan fingerprint density at radius 1 is 1.29 bits per heavy atom. The van der Waals surface area contributed by atoms with Crippen molar-refractivity contribution in [2.75, 3.05) is 38.0 Å². The molecule has 8 nitrogen and oxygen atoms in total. The van der Waals surface area contributed by atoms with Gasteiger partial charge in [-0.25, -0.2) is 13.8 Å². The molecule has 2 heterocycles. The van der Waals surface area contributed by atoms with Crippen LogP contribution < -0.4 is 16.0 Å². The number of carbonyl (C=O) groups is 2. The van der Waals surface area contributed by atoms with Gasteiger partial charge in [0.25, 0.3) is 0 Å². The van der Waals surface area contributed by atoms with Gasteiger partial charge in [-0.1, -0.05) is 0 Å². The molecule has 0 saturated carbocycles. The van der Waals surface area contributed by atoms with Crippen LogP contribution in [-0.4, -0.2) is 59.0 Å². The molecule has 10 heteroatoms. The van der Waals surface area contributed by atoms with Gasteiger partial charge in [0.15, 0.2) is 11.6 Å². The number of benzene rings is 1. The quantitative estimate of drug-likeness (QED) is 0.662. The Balaban J connectivity index is 1.50. The summed E-state index contributed by atoms with van der Waals surface area (Å²) in [6.07, 6.45) is 3.57. The lowest BCUT2D eigenvalue weighted by Gasteiger charge is -2.35. The maximum absolute atomic E-state index is 13.2. The zero-order valence-corrected chi connectivity index (χ0v) is 15.4. The Kier molecular flexibility index (Phi) is 6.32. The van der Waals surface area contributed by atoms with Crippen molar-refractivity contribution in [3.63, 3.8) is 0 Å². The van der Waals surface area contributed by atoms with E-state index in [-0.39, 0.29) is 30.7 Å². The normalized spacial score (nSPS) is 17.3. The van der Waals surface area contributed by atoms with E-state index in [1.54, 1.807) is 6.20 Å². The molecule has 1 saturated heterocycles. The number of amides is 2. The Morgan fingerprint density at radius 3 is 2.82 bits per heavy atom. The molecule has 1 fully saturated rings. The maximum atomic E-state index is 13.2. The minimum atomic E-state index is -1.05. The van der Waals surface area contributed by atoms with Gasteiger partial charge in [0.2, 0.25) is 11.8 Å². The van der Waals surface area contributed by atoms with Crippen LogP contribution in [0.2, 0.25) is 0 Å². The SMILES string of the molecule is Cn1ccnc1C1CNCCN1CC(=O)NCC(=O)Nc1ccc(F)c(F)c1. The summed E-state index contributed by atoms with van der Waals surface area (Å²) in [5, 5.41) is 8.25. The van der Waals surface area contributed by atoms with Crippen LogP contribution in [0.1, 0.15) is 11.9 Å². The van der Waals surface area contributed by atoms with E-state index in [2.05, 4.69) is 20.9 Å². The van der Waals surface area contributed by atoms with Crippen LogP contribution in [0.15, 0.2) is 30.6 Å². The highest BCUT2D eigenvalue weighted by molar-refractivity contribution is 5.94. The number of hydrogen-bond acceptors (Lipinski definition) is 5. The van der Waals surface area contributed by atoms with Gasteiger partial charge in [0, 0.05) is 50.8 Å². The van der Waals surface area contributed by atoms with Crippen molar-refractivity contribution in [3.05, 3.63) is 48.1 Å². The number of carbonyl (C=O) groups excluding carboxylic acids is 2. The fraction of sp³-hybridized carbons (Fsp3) is 0.389. The van der Waals surface area contributed by atoms with E-state index >= 15 is 0 Å². The van der Waals surface area contributed by atoms with Crippen LogP contribution in [-0.2, 0) is 16.6 Å². The second kappa shape index (κ2) is 8.89. The summed E-state index contributed by atoms with van der Waals surface area (Å²) in [4.78, 5) is 30.6. The van der Waals surface area contributed by atoms with Crippen LogP contribution in [0, 0.1) is 11.6 Å². The molecule has 1 atom stereocenters. The molecule has 2 aromatic rings. The van der Waals surface area contributed by atoms with E-state index in [4.69, 9.17) is 0 Å². The monoisotopic (exact) mass is 392 g/mol. The molecule has 150 valence electrons. The fourth-order valence-corrected chi connectivity index (χ4v) is 3.09. The van der Waals surface area contributed by atoms with Gasteiger partial charge in [0.1, 0.15) is 5.82 Å². The van der Waals surface area contributed by atoms with Crippen LogP contribution in [0.4, 0.5) is 14.5 Å². The molecule has 3 N–H and O–H groups in total. The summed E-state index contributed by atoms with van der Waals surface area (Å²) < 4.78 is 28.0. The van der Waals surface area contributed by atoms with Gasteiger partial charge in [-0.2, -0.15) is 0 Å². The Labute approximate surface area is 160 Å². The Bertz CT molecular complexity index is 856. The van der Waals surface area contributed by atoms with Crippen LogP contribution in [0.5, 0.6) is 0 Å². The van der Waals surface area contributed by atoms with Crippen molar-refractivity contribution in [1.29, 1.82) is 0 Å². The molecular formula is C18H22F2N6O2. The average Bonchev–Trinajstić information content (AvgIpc) is 3.09. The lowest BCUT2D eigenvalue weighted by molar-refractivity contribution is -0.125. The molecule has 1 aromatic heterocycles. The standard InChI is InChI=1S/C18H22F2N6O2/c1-25-6-5-22-18(25)15-9-21-4-7-26(15)11-17(28)23-10-16(27)24-12-2-3-13(19)14(20)8-12/h2-3,5-6,8,15,21H,4,7,9-11H2,1H3,(H,23,28)(H,24,27). The highest BCUT2D eigenvalue weighted by Crippen LogP contribution is 2.19. The predicted octanol–water partition coefficient (Wildman–Crippen LogP) is 0.400. The number of halogens is 2. The first kappa shape index (κ1) is 19.9. The fourth-order valence-electron chi connectivity index (χ4n) is 3.09. The maximum Gasteiger partial charge on any atom is 0.243 e. The topological polar surface area (TPSA) is 91.3 Å². The summed E-state index contributed by atoms with van der Waals surface area (Å²) in [5.41, 5.74) is 0.120. The van der Waals surface area contributed by atoms with Crippen molar-refractivity contribution in [2.45, 2.75) is 6.04 Å². The van der Waals surface area contributed by atoms with Gasteiger partial charge >= 0.3 is 0 Å². The van der Waals surface area contributed by atoms with Crippen LogP contribution >= 0.6 is 0 Å².